The van der Waals surface area contributed by atoms with E-state index in [1.165, 1.54) is 6.26 Å². The number of carbonyl (C=O) groups excluding carboxylic acids is 2. The highest BCUT2D eigenvalue weighted by molar-refractivity contribution is 5.98. The van der Waals surface area contributed by atoms with Crippen molar-refractivity contribution in [3.05, 3.63) is 66.1 Å². The van der Waals surface area contributed by atoms with E-state index in [0.717, 1.165) is 5.56 Å². The van der Waals surface area contributed by atoms with Crippen molar-refractivity contribution < 1.29 is 18.7 Å². The third-order valence-corrected chi connectivity index (χ3v) is 3.88. The average molecular weight is 349 g/mol. The number of benzene rings is 2. The van der Waals surface area contributed by atoms with Gasteiger partial charge < -0.3 is 19.8 Å². The Labute approximate surface area is 149 Å². The highest BCUT2D eigenvalue weighted by Gasteiger charge is 2.18. The molecule has 0 saturated carbocycles. The van der Waals surface area contributed by atoms with Crippen LogP contribution in [0.4, 0.5) is 5.69 Å². The van der Waals surface area contributed by atoms with E-state index < -0.39 is 0 Å². The Kier molecular flexibility index (Phi) is 4.10. The van der Waals surface area contributed by atoms with Crippen molar-refractivity contribution in [3.8, 4) is 17.2 Å². The van der Waals surface area contributed by atoms with Crippen LogP contribution in [-0.2, 0) is 11.3 Å². The van der Waals surface area contributed by atoms with E-state index in [0.29, 0.717) is 28.6 Å². The molecule has 130 valence electrons. The van der Waals surface area contributed by atoms with E-state index in [-0.39, 0.29) is 25.0 Å². The smallest absolute Gasteiger partial charge is 0.262 e. The van der Waals surface area contributed by atoms with Gasteiger partial charge in [0.25, 0.3) is 11.8 Å². The van der Waals surface area contributed by atoms with Gasteiger partial charge in [-0.25, -0.2) is 4.98 Å². The molecular formula is C19H15N3O4. The van der Waals surface area contributed by atoms with Gasteiger partial charge >= 0.3 is 0 Å². The summed E-state index contributed by atoms with van der Waals surface area (Å²) in [6.07, 6.45) is 1.52. The van der Waals surface area contributed by atoms with E-state index in [4.69, 9.17) is 9.15 Å². The third-order valence-electron chi connectivity index (χ3n) is 3.88. The Balaban J connectivity index is 1.42. The molecule has 1 aromatic heterocycles. The molecule has 3 aromatic rings. The van der Waals surface area contributed by atoms with Gasteiger partial charge in [0.1, 0.15) is 12.0 Å². The van der Waals surface area contributed by atoms with Gasteiger partial charge in [0, 0.05) is 11.1 Å². The third kappa shape index (κ3) is 3.27. The molecule has 0 atom stereocenters. The number of nitrogens with one attached hydrogen (secondary N) is 2. The summed E-state index contributed by atoms with van der Waals surface area (Å²) in [5.41, 5.74) is 2.49. The fourth-order valence-electron chi connectivity index (χ4n) is 2.59. The summed E-state index contributed by atoms with van der Waals surface area (Å²) in [5, 5.41) is 5.48. The largest absolute Gasteiger partial charge is 0.482 e. The number of nitrogens with zero attached hydrogens (tertiary/aromatic N) is 1. The Morgan fingerprint density at radius 2 is 2.04 bits per heavy atom. The van der Waals surface area contributed by atoms with Crippen molar-refractivity contribution in [2.45, 2.75) is 6.54 Å². The van der Waals surface area contributed by atoms with Crippen LogP contribution < -0.4 is 15.4 Å². The molecule has 0 aliphatic carbocycles. The number of hydrogen-bond donors (Lipinski definition) is 2. The zero-order valence-corrected chi connectivity index (χ0v) is 13.7. The van der Waals surface area contributed by atoms with Gasteiger partial charge in [0.05, 0.1) is 17.9 Å². The monoisotopic (exact) mass is 349 g/mol. The first-order valence-electron chi connectivity index (χ1n) is 8.04. The minimum absolute atomic E-state index is 0.0563. The second-order valence-corrected chi connectivity index (χ2v) is 5.74. The number of carbonyl (C=O) groups is 2. The first-order chi connectivity index (χ1) is 12.7. The Bertz CT molecular complexity index is 966. The van der Waals surface area contributed by atoms with Gasteiger partial charge in [-0.2, -0.15) is 0 Å². The lowest BCUT2D eigenvalue weighted by Gasteiger charge is -2.18. The normalized spacial score (nSPS) is 12.7. The van der Waals surface area contributed by atoms with E-state index in [1.807, 2.05) is 30.3 Å². The van der Waals surface area contributed by atoms with Crippen LogP contribution in [0, 0.1) is 0 Å². The van der Waals surface area contributed by atoms with Crippen molar-refractivity contribution in [3.63, 3.8) is 0 Å². The van der Waals surface area contributed by atoms with Gasteiger partial charge in [-0.3, -0.25) is 9.59 Å². The maximum Gasteiger partial charge on any atom is 0.262 e. The van der Waals surface area contributed by atoms with E-state index in [1.54, 1.807) is 18.2 Å². The fraction of sp³-hybridized carbons (Fsp3) is 0.105. The summed E-state index contributed by atoms with van der Waals surface area (Å²) in [7, 11) is 0. The summed E-state index contributed by atoms with van der Waals surface area (Å²) in [6, 6.07) is 14.4. The predicted octanol–water partition coefficient (Wildman–Crippen LogP) is 2.60. The van der Waals surface area contributed by atoms with E-state index >= 15 is 0 Å². The number of aromatic nitrogens is 1. The minimum atomic E-state index is -0.266. The Morgan fingerprint density at radius 1 is 1.19 bits per heavy atom. The second kappa shape index (κ2) is 6.72. The zero-order chi connectivity index (χ0) is 17.9. The van der Waals surface area contributed by atoms with Crippen molar-refractivity contribution in [1.82, 2.24) is 10.3 Å². The molecule has 2 aromatic carbocycles. The topological polar surface area (TPSA) is 93.5 Å². The molecule has 7 heteroatoms. The van der Waals surface area contributed by atoms with Gasteiger partial charge in [-0.15, -0.1) is 0 Å². The highest BCUT2D eigenvalue weighted by Crippen LogP contribution is 2.28. The number of oxazole rings is 1. The van der Waals surface area contributed by atoms with Crippen molar-refractivity contribution in [1.29, 1.82) is 0 Å². The van der Waals surface area contributed by atoms with Crippen LogP contribution in [-0.4, -0.2) is 23.4 Å². The standard InChI is InChI=1S/C19H15N3O4/c23-17-11-25-16-8-13(6-7-15(16)22-17)18(24)20-9-14-10-26-19(21-14)12-4-2-1-3-5-12/h1-8,10H,9,11H2,(H,20,24)(H,22,23). The first kappa shape index (κ1) is 15.9. The SMILES string of the molecule is O=C1COc2cc(C(=O)NCc3coc(-c4ccccc4)n3)ccc2N1. The molecule has 4 rings (SSSR count). The van der Waals surface area contributed by atoms with Crippen LogP contribution >= 0.6 is 0 Å². The van der Waals surface area contributed by atoms with Gasteiger partial charge in [0.2, 0.25) is 5.89 Å². The van der Waals surface area contributed by atoms with Crippen LogP contribution in [0.5, 0.6) is 5.75 Å². The van der Waals surface area contributed by atoms with Crippen LogP contribution in [0.3, 0.4) is 0 Å². The molecule has 0 spiro atoms. The molecule has 2 N–H and O–H groups in total. The van der Waals surface area contributed by atoms with Crippen molar-refractivity contribution in [2.24, 2.45) is 0 Å². The molecular weight excluding hydrogens is 334 g/mol. The Hall–Kier alpha value is -3.61. The molecule has 26 heavy (non-hydrogen) atoms. The summed E-state index contributed by atoms with van der Waals surface area (Å²) in [6.45, 7) is 0.184. The zero-order valence-electron chi connectivity index (χ0n) is 13.7. The number of rotatable bonds is 4. The van der Waals surface area contributed by atoms with E-state index in [2.05, 4.69) is 15.6 Å². The molecule has 0 radical (unpaired) electrons. The fourth-order valence-corrected chi connectivity index (χ4v) is 2.59. The number of ether oxygens (including phenoxy) is 1. The summed E-state index contributed by atoms with van der Waals surface area (Å²) in [4.78, 5) is 28.0. The van der Waals surface area contributed by atoms with E-state index in [9.17, 15) is 9.59 Å². The molecule has 0 fully saturated rings. The molecule has 1 aliphatic rings. The number of hydrogen-bond acceptors (Lipinski definition) is 5. The maximum atomic E-state index is 12.3. The van der Waals surface area contributed by atoms with Crippen molar-refractivity contribution in [2.75, 3.05) is 11.9 Å². The summed E-state index contributed by atoms with van der Waals surface area (Å²) < 4.78 is 10.8. The van der Waals surface area contributed by atoms with Gasteiger partial charge in [-0.05, 0) is 30.3 Å². The number of anilines is 1. The molecule has 1 aliphatic heterocycles. The average Bonchev–Trinajstić information content (AvgIpc) is 3.15. The molecule has 2 heterocycles. The highest BCUT2D eigenvalue weighted by atomic mass is 16.5. The second-order valence-electron chi connectivity index (χ2n) is 5.74. The molecule has 2 amide bonds. The van der Waals surface area contributed by atoms with Crippen LogP contribution in [0.25, 0.3) is 11.5 Å². The molecule has 0 bridgehead atoms. The summed E-state index contributed by atoms with van der Waals surface area (Å²) >= 11 is 0. The van der Waals surface area contributed by atoms with Crippen molar-refractivity contribution >= 4 is 17.5 Å². The lowest BCUT2D eigenvalue weighted by atomic mass is 10.1. The van der Waals surface area contributed by atoms with Crippen LogP contribution in [0.15, 0.2) is 59.2 Å². The Morgan fingerprint density at radius 3 is 2.88 bits per heavy atom. The van der Waals surface area contributed by atoms with Gasteiger partial charge in [0.15, 0.2) is 6.61 Å². The molecule has 0 saturated heterocycles. The number of fused-ring (bicyclic) bond motifs is 1. The maximum absolute atomic E-state index is 12.3. The predicted molar refractivity (Wildman–Crippen MR) is 93.7 cm³/mol. The van der Waals surface area contributed by atoms with Crippen LogP contribution in [0.1, 0.15) is 16.1 Å². The van der Waals surface area contributed by atoms with Crippen LogP contribution in [0.2, 0.25) is 0 Å². The minimum Gasteiger partial charge on any atom is -0.482 e. The molecule has 0 unspecified atom stereocenters. The number of amides is 2. The lowest BCUT2D eigenvalue weighted by molar-refractivity contribution is -0.118. The molecule has 7 nitrogen and oxygen atoms in total. The first-order valence-corrected chi connectivity index (χ1v) is 8.04. The lowest BCUT2D eigenvalue weighted by Crippen LogP contribution is -2.26. The van der Waals surface area contributed by atoms with Gasteiger partial charge in [-0.1, -0.05) is 18.2 Å². The summed E-state index contributed by atoms with van der Waals surface area (Å²) in [5.74, 6) is 0.505. The quantitative estimate of drug-likeness (QED) is 0.755.